The van der Waals surface area contributed by atoms with Gasteiger partial charge in [0.15, 0.2) is 0 Å². The van der Waals surface area contributed by atoms with Crippen LogP contribution in [0.1, 0.15) is 51.7 Å². The molecule has 13 aromatic rings. The van der Waals surface area contributed by atoms with E-state index in [9.17, 15) is 0 Å². The van der Waals surface area contributed by atoms with Gasteiger partial charge in [-0.05, 0) is 183 Å². The van der Waals surface area contributed by atoms with E-state index in [1.54, 1.807) is 0 Å². The zero-order chi connectivity index (χ0) is 61.6. The van der Waals surface area contributed by atoms with Crippen LogP contribution in [-0.2, 0) is 10.8 Å². The third-order valence-electron chi connectivity index (χ3n) is 20.8. The third-order valence-corrected chi connectivity index (χ3v) is 24.3. The summed E-state index contributed by atoms with van der Waals surface area (Å²) in [4.78, 5) is 17.7. The topological polar surface area (TPSA) is 25.4 Å². The lowest BCUT2D eigenvalue weighted by Gasteiger charge is -2.47. The molecule has 0 unspecified atom stereocenters. The zero-order valence-electron chi connectivity index (χ0n) is 51.8. The van der Waals surface area contributed by atoms with E-state index < -0.39 is 0 Å². The summed E-state index contributed by atoms with van der Waals surface area (Å²) in [6.07, 6.45) is 2.28. The average molecular weight is 1250 g/mol. The number of para-hydroxylation sites is 7. The summed E-state index contributed by atoms with van der Waals surface area (Å²) in [6, 6.07) is 98.4. The van der Waals surface area contributed by atoms with Gasteiger partial charge in [0.05, 0.1) is 39.8 Å². The van der Waals surface area contributed by atoms with Crippen molar-refractivity contribution in [3.8, 4) is 11.5 Å². The normalized spacial score (nSPS) is 15.9. The second-order valence-corrected chi connectivity index (χ2v) is 30.2. The number of ether oxygens (including phenoxy) is 1. The summed E-state index contributed by atoms with van der Waals surface area (Å²) in [5.41, 5.74) is 26.3. The predicted octanol–water partition coefficient (Wildman–Crippen LogP) is 19.6. The number of hydrogen-bond donors (Lipinski definition) is 0. The smallest absolute Gasteiger partial charge is 0.264 e. The second kappa shape index (κ2) is 19.9. The van der Waals surface area contributed by atoms with Crippen LogP contribution in [0.3, 0.4) is 0 Å². The first-order valence-electron chi connectivity index (χ1n) is 32.4. The molecule has 0 radical (unpaired) electrons. The highest BCUT2D eigenvalue weighted by Gasteiger charge is 2.50. The molecule has 1 aromatic heterocycles. The van der Waals surface area contributed by atoms with Crippen molar-refractivity contribution in [1.82, 2.24) is 0 Å². The van der Waals surface area contributed by atoms with E-state index in [-0.39, 0.29) is 24.3 Å². The maximum absolute atomic E-state index is 7.35. The first-order valence-corrected chi connectivity index (χ1v) is 34.9. The monoisotopic (exact) mass is 1250 g/mol. The fourth-order valence-corrected chi connectivity index (χ4v) is 19.9. The van der Waals surface area contributed by atoms with Crippen LogP contribution in [0.25, 0.3) is 10.1 Å². The molecular weight excluding hydrogens is 1190 g/mol. The first kappa shape index (κ1) is 53.8. The number of fused-ring (bicyclic) bond motifs is 15. The van der Waals surface area contributed by atoms with Crippen molar-refractivity contribution in [2.75, 3.05) is 24.5 Å². The maximum atomic E-state index is 7.35. The van der Waals surface area contributed by atoms with E-state index >= 15 is 0 Å². The molecule has 0 saturated heterocycles. The fourth-order valence-electron chi connectivity index (χ4n) is 16.5. The Hall–Kier alpha value is -9.77. The highest BCUT2D eigenvalue weighted by atomic mass is 32.2. The third kappa shape index (κ3) is 7.82. The van der Waals surface area contributed by atoms with Crippen molar-refractivity contribution in [2.45, 2.75) is 70.9 Å². The Labute approximate surface area is 555 Å². The van der Waals surface area contributed by atoms with E-state index in [1.165, 1.54) is 95.9 Å². The van der Waals surface area contributed by atoms with Gasteiger partial charge < -0.3 is 29.2 Å². The van der Waals surface area contributed by atoms with Crippen LogP contribution in [0, 0.1) is 0 Å². The molecule has 20 rings (SSSR count). The summed E-state index contributed by atoms with van der Waals surface area (Å²) in [7, 11) is 0. The van der Waals surface area contributed by atoms with Crippen LogP contribution in [0.15, 0.2) is 280 Å². The predicted molar refractivity (Wildman–Crippen MR) is 395 cm³/mol. The molecule has 0 amide bonds. The highest BCUT2D eigenvalue weighted by Crippen LogP contribution is 2.58. The van der Waals surface area contributed by atoms with Gasteiger partial charge in [0.25, 0.3) is 13.4 Å². The molecule has 93 heavy (non-hydrogen) atoms. The van der Waals surface area contributed by atoms with Gasteiger partial charge in [-0.1, -0.05) is 185 Å². The van der Waals surface area contributed by atoms with Crippen molar-refractivity contribution in [3.05, 3.63) is 272 Å². The molecule has 7 aliphatic rings. The summed E-state index contributed by atoms with van der Waals surface area (Å²) < 4.78 is 9.98. The minimum atomic E-state index is -0.165. The lowest BCUT2D eigenvalue weighted by molar-refractivity contribution is 0.332. The van der Waals surface area contributed by atoms with Crippen molar-refractivity contribution in [2.24, 2.45) is 0 Å². The number of thiophene rings is 1. The molecule has 7 heterocycles. The van der Waals surface area contributed by atoms with Crippen molar-refractivity contribution in [1.29, 1.82) is 0 Å². The molecule has 0 atom stereocenters. The van der Waals surface area contributed by atoms with Crippen LogP contribution in [0.4, 0.5) is 85.3 Å². The van der Waals surface area contributed by atoms with Crippen LogP contribution in [0.2, 0.25) is 0 Å². The summed E-state index contributed by atoms with van der Waals surface area (Å²) in [5.74, 6) is 1.75. The molecule has 6 aliphatic heterocycles. The molecule has 0 spiro atoms. The van der Waals surface area contributed by atoms with Gasteiger partial charge in [-0.15, -0.1) is 11.3 Å². The molecule has 1 aliphatic carbocycles. The Bertz CT molecular complexity index is 5270. The summed E-state index contributed by atoms with van der Waals surface area (Å²) in [5, 5.41) is 1.27. The van der Waals surface area contributed by atoms with Gasteiger partial charge in [0.2, 0.25) is 0 Å². The average Bonchev–Trinajstić information content (AvgIpc) is 1.64. The molecule has 0 N–H and O–H groups in total. The van der Waals surface area contributed by atoms with Crippen molar-refractivity contribution >= 4 is 176 Å². The minimum Gasteiger partial charge on any atom is -0.458 e. The van der Waals surface area contributed by atoms with E-state index in [1.807, 2.05) is 34.9 Å². The summed E-state index contributed by atoms with van der Waals surface area (Å²) in [6.45, 7) is 9.50. The number of nitrogens with zero attached hydrogens (tertiary/aromatic N) is 5. The molecule has 11 heteroatoms. The van der Waals surface area contributed by atoms with Gasteiger partial charge in [-0.25, -0.2) is 0 Å². The van der Waals surface area contributed by atoms with Crippen molar-refractivity contribution < 1.29 is 4.74 Å². The zero-order valence-corrected chi connectivity index (χ0v) is 54.2. The molecule has 0 saturated carbocycles. The Balaban J connectivity index is 0.903. The molecule has 442 valence electrons. The van der Waals surface area contributed by atoms with E-state index in [0.29, 0.717) is 0 Å². The van der Waals surface area contributed by atoms with Crippen LogP contribution in [-0.4, -0.2) is 13.4 Å². The Morgan fingerprint density at radius 2 is 0.806 bits per heavy atom. The van der Waals surface area contributed by atoms with Gasteiger partial charge in [0, 0.05) is 86.0 Å². The number of hydrogen-bond acceptors (Lipinski definition) is 9. The van der Waals surface area contributed by atoms with E-state index in [2.05, 4.69) is 313 Å². The lowest BCUT2D eigenvalue weighted by Crippen LogP contribution is -2.64. The van der Waals surface area contributed by atoms with Crippen molar-refractivity contribution in [3.63, 3.8) is 0 Å². The Morgan fingerprint density at radius 3 is 1.41 bits per heavy atom. The molecule has 6 nitrogen and oxygen atoms in total. The number of rotatable bonds is 5. The van der Waals surface area contributed by atoms with Crippen LogP contribution >= 0.6 is 34.9 Å². The standard InChI is InChI=1S/C82H59B2N5OS3/c1-81(2)41-42-82(3,4)57-43-52(39-40-56(57)81)89-68-45-53(87-61-29-13-19-35-73(61)91-74-36-20-14-30-62(74)87)44-67-77(68)84(80-79(89)55-27-11-18-34-72(55)93-80)60-48-59-65(49-66(60)85(67)50-23-7-5-8-24-50)86(51-25-9-6-10-26-51)69-46-54(47-71-78(69)83(59)58-28-12-17-33-70(58)90-71)88-63-31-15-21-37-75(63)92-76-38-22-16-32-64(76)88/h5-40,43-49H,41-42H2,1-4H3. The van der Waals surface area contributed by atoms with Crippen LogP contribution < -0.4 is 61.3 Å². The van der Waals surface area contributed by atoms with Crippen LogP contribution in [0.5, 0.6) is 11.5 Å². The molecule has 0 bridgehead atoms. The lowest BCUT2D eigenvalue weighted by atomic mass is 9.31. The molecular formula is C82H59B2N5OS3. The summed E-state index contributed by atoms with van der Waals surface area (Å²) >= 11 is 5.66. The van der Waals surface area contributed by atoms with E-state index in [4.69, 9.17) is 4.74 Å². The molecule has 0 fully saturated rings. The minimum absolute atomic E-state index is 0.0128. The maximum Gasteiger partial charge on any atom is 0.264 e. The van der Waals surface area contributed by atoms with Gasteiger partial charge in [0.1, 0.15) is 11.5 Å². The van der Waals surface area contributed by atoms with Gasteiger partial charge in [-0.2, -0.15) is 0 Å². The fraction of sp³-hybridized carbons (Fsp3) is 0.0976. The quantitative estimate of drug-likeness (QED) is 0.157. The highest BCUT2D eigenvalue weighted by molar-refractivity contribution is 8.00. The van der Waals surface area contributed by atoms with E-state index in [0.717, 1.165) is 86.7 Å². The van der Waals surface area contributed by atoms with Gasteiger partial charge in [-0.3, -0.25) is 0 Å². The van der Waals surface area contributed by atoms with Gasteiger partial charge >= 0.3 is 0 Å². The first-order chi connectivity index (χ1) is 45.6. The Kier molecular flexibility index (Phi) is 11.5. The molecule has 12 aromatic carbocycles. The number of anilines is 15. The SMILES string of the molecule is CC1(C)CCC(C)(C)c2cc(N3c4cc(N5c6ccccc6Sc6ccccc65)cc5c4B(c4cc6c(cc4N5c4ccccc4)N(c4ccccc4)c4cc(N5c7ccccc7Sc7ccccc75)cc5c4B6c4ccccc4O5)c4sc5ccccc5c43)ccc21. The Morgan fingerprint density at radius 1 is 0.333 bits per heavy atom. The number of benzene rings is 12. The second-order valence-electron chi connectivity index (χ2n) is 27.0. The largest absolute Gasteiger partial charge is 0.458 e.